The number of anilines is 1. The van der Waals surface area contributed by atoms with Crippen molar-refractivity contribution in [2.45, 2.75) is 36.0 Å². The summed E-state index contributed by atoms with van der Waals surface area (Å²) in [7, 11) is 0. The summed E-state index contributed by atoms with van der Waals surface area (Å²) in [6.07, 6.45) is 3.85. The van der Waals surface area contributed by atoms with Gasteiger partial charge in [-0.3, -0.25) is 9.69 Å². The van der Waals surface area contributed by atoms with Crippen molar-refractivity contribution in [1.29, 1.82) is 0 Å². The Morgan fingerprint density at radius 2 is 2.00 bits per heavy atom. The standard InChI is InChI=1S/C16H21Cl3N2O2/c1-12-4-2-3-9-21(12)10-11-23-14-7-5-13(6-8-14)20-15(22)16(17,18)19/h5-8,12H,2-4,9-11H2,1H3,(H,20,22). The van der Waals surface area contributed by atoms with Crippen molar-refractivity contribution in [3.05, 3.63) is 24.3 Å². The molecule has 1 aromatic rings. The fourth-order valence-electron chi connectivity index (χ4n) is 2.61. The van der Waals surface area contributed by atoms with Crippen LogP contribution in [0.2, 0.25) is 0 Å². The highest BCUT2D eigenvalue weighted by atomic mass is 35.6. The predicted molar refractivity (Wildman–Crippen MR) is 95.7 cm³/mol. The summed E-state index contributed by atoms with van der Waals surface area (Å²) >= 11 is 16.5. The summed E-state index contributed by atoms with van der Waals surface area (Å²) in [5.41, 5.74) is 0.554. The van der Waals surface area contributed by atoms with Crippen LogP contribution in [0.15, 0.2) is 24.3 Å². The first-order valence-corrected chi connectivity index (χ1v) is 8.85. The van der Waals surface area contributed by atoms with Crippen LogP contribution >= 0.6 is 34.8 Å². The molecule has 1 amide bonds. The van der Waals surface area contributed by atoms with E-state index in [2.05, 4.69) is 17.1 Å². The molecule has 7 heteroatoms. The average Bonchev–Trinajstić information content (AvgIpc) is 2.50. The second-order valence-electron chi connectivity index (χ2n) is 5.71. The molecule has 1 aliphatic rings. The highest BCUT2D eigenvalue weighted by Crippen LogP contribution is 2.28. The Kier molecular flexibility index (Phi) is 6.84. The average molecular weight is 380 g/mol. The van der Waals surface area contributed by atoms with Crippen LogP contribution in [0, 0.1) is 0 Å². The number of alkyl halides is 3. The summed E-state index contributed by atoms with van der Waals surface area (Å²) in [5.74, 6) is 0.0665. The lowest BCUT2D eigenvalue weighted by atomic mass is 10.0. The van der Waals surface area contributed by atoms with E-state index in [1.165, 1.54) is 19.3 Å². The maximum Gasteiger partial charge on any atom is 0.276 e. The Morgan fingerprint density at radius 1 is 1.30 bits per heavy atom. The number of piperidine rings is 1. The van der Waals surface area contributed by atoms with Crippen molar-refractivity contribution in [1.82, 2.24) is 4.90 Å². The zero-order valence-corrected chi connectivity index (χ0v) is 15.3. The largest absolute Gasteiger partial charge is 0.492 e. The summed E-state index contributed by atoms with van der Waals surface area (Å²) in [5, 5.41) is 2.52. The number of benzene rings is 1. The van der Waals surface area contributed by atoms with E-state index >= 15 is 0 Å². The van der Waals surface area contributed by atoms with Gasteiger partial charge in [-0.25, -0.2) is 0 Å². The Labute approximate surface area is 152 Å². The summed E-state index contributed by atoms with van der Waals surface area (Å²) < 4.78 is 3.78. The summed E-state index contributed by atoms with van der Waals surface area (Å²) in [6.45, 7) is 4.98. The van der Waals surface area contributed by atoms with Gasteiger partial charge in [0, 0.05) is 18.3 Å². The Balaban J connectivity index is 1.77. The number of rotatable bonds is 5. The van der Waals surface area contributed by atoms with Gasteiger partial charge in [0.2, 0.25) is 0 Å². The van der Waals surface area contributed by atoms with Gasteiger partial charge in [0.05, 0.1) is 0 Å². The van der Waals surface area contributed by atoms with E-state index in [1.54, 1.807) is 24.3 Å². The Bertz CT molecular complexity index is 517. The number of halogens is 3. The summed E-state index contributed by atoms with van der Waals surface area (Å²) in [4.78, 5) is 14.0. The molecule has 4 nitrogen and oxygen atoms in total. The second-order valence-corrected chi connectivity index (χ2v) is 7.99. The number of likely N-dealkylation sites (tertiary alicyclic amines) is 1. The van der Waals surface area contributed by atoms with Crippen LogP contribution in [0.5, 0.6) is 5.75 Å². The van der Waals surface area contributed by atoms with Gasteiger partial charge in [-0.2, -0.15) is 0 Å². The van der Waals surface area contributed by atoms with Gasteiger partial charge in [-0.05, 0) is 50.6 Å². The van der Waals surface area contributed by atoms with Gasteiger partial charge in [0.15, 0.2) is 0 Å². The number of ether oxygens (including phenoxy) is 1. The minimum absolute atomic E-state index is 0.554. The minimum Gasteiger partial charge on any atom is -0.492 e. The third kappa shape index (κ3) is 6.03. The lowest BCUT2D eigenvalue weighted by Gasteiger charge is -2.33. The highest BCUT2D eigenvalue weighted by Gasteiger charge is 2.30. The lowest BCUT2D eigenvalue weighted by Crippen LogP contribution is -2.39. The normalized spacial score (nSPS) is 19.4. The molecule has 1 N–H and O–H groups in total. The number of nitrogens with one attached hydrogen (secondary N) is 1. The molecule has 1 aromatic carbocycles. The van der Waals surface area contributed by atoms with Gasteiger partial charge in [0.25, 0.3) is 9.70 Å². The van der Waals surface area contributed by atoms with Crippen LogP contribution in [0.1, 0.15) is 26.2 Å². The van der Waals surface area contributed by atoms with E-state index < -0.39 is 9.70 Å². The topological polar surface area (TPSA) is 41.6 Å². The molecular weight excluding hydrogens is 359 g/mol. The Hall–Kier alpha value is -0.680. The molecule has 0 radical (unpaired) electrons. The van der Waals surface area contributed by atoms with Crippen molar-refractivity contribution >= 4 is 46.4 Å². The van der Waals surface area contributed by atoms with E-state index in [0.717, 1.165) is 18.8 Å². The van der Waals surface area contributed by atoms with Crippen molar-refractivity contribution < 1.29 is 9.53 Å². The van der Waals surface area contributed by atoms with Crippen LogP contribution in [0.3, 0.4) is 0 Å². The van der Waals surface area contributed by atoms with Gasteiger partial charge in [-0.1, -0.05) is 41.2 Å². The SMILES string of the molecule is CC1CCCCN1CCOc1ccc(NC(=O)C(Cl)(Cl)Cl)cc1. The first kappa shape index (κ1) is 18.7. The molecule has 0 bridgehead atoms. The van der Waals surface area contributed by atoms with Crippen molar-refractivity contribution in [2.75, 3.05) is 25.0 Å². The van der Waals surface area contributed by atoms with Crippen LogP contribution in [-0.2, 0) is 4.79 Å². The fraction of sp³-hybridized carbons (Fsp3) is 0.562. The highest BCUT2D eigenvalue weighted by molar-refractivity contribution is 6.76. The van der Waals surface area contributed by atoms with Crippen LogP contribution in [0.4, 0.5) is 5.69 Å². The van der Waals surface area contributed by atoms with E-state index in [4.69, 9.17) is 39.5 Å². The molecule has 0 aromatic heterocycles. The van der Waals surface area contributed by atoms with Gasteiger partial charge in [0.1, 0.15) is 12.4 Å². The van der Waals surface area contributed by atoms with Crippen molar-refractivity contribution in [3.8, 4) is 5.75 Å². The second kappa shape index (κ2) is 8.43. The Morgan fingerprint density at radius 3 is 2.61 bits per heavy atom. The van der Waals surface area contributed by atoms with Crippen LogP contribution in [0.25, 0.3) is 0 Å². The van der Waals surface area contributed by atoms with Gasteiger partial charge < -0.3 is 10.1 Å². The first-order chi connectivity index (χ1) is 10.9. The van der Waals surface area contributed by atoms with Crippen molar-refractivity contribution in [2.24, 2.45) is 0 Å². The monoisotopic (exact) mass is 378 g/mol. The lowest BCUT2D eigenvalue weighted by molar-refractivity contribution is -0.115. The van der Waals surface area contributed by atoms with Crippen LogP contribution < -0.4 is 10.1 Å². The van der Waals surface area contributed by atoms with E-state index in [9.17, 15) is 4.79 Å². The van der Waals surface area contributed by atoms with Crippen LogP contribution in [-0.4, -0.2) is 40.3 Å². The maximum atomic E-state index is 11.6. The summed E-state index contributed by atoms with van der Waals surface area (Å²) in [6, 6.07) is 7.63. The van der Waals surface area contributed by atoms with Crippen molar-refractivity contribution in [3.63, 3.8) is 0 Å². The molecular formula is C16H21Cl3N2O2. The number of hydrogen-bond acceptors (Lipinski definition) is 3. The van der Waals surface area contributed by atoms with E-state index in [-0.39, 0.29) is 0 Å². The van der Waals surface area contributed by atoms with E-state index in [1.807, 2.05) is 0 Å². The first-order valence-electron chi connectivity index (χ1n) is 7.71. The maximum absolute atomic E-state index is 11.6. The molecule has 1 heterocycles. The smallest absolute Gasteiger partial charge is 0.276 e. The molecule has 0 aliphatic carbocycles. The third-order valence-electron chi connectivity index (χ3n) is 3.96. The van der Waals surface area contributed by atoms with E-state index in [0.29, 0.717) is 18.3 Å². The van der Waals surface area contributed by atoms with Gasteiger partial charge in [-0.15, -0.1) is 0 Å². The molecule has 1 saturated heterocycles. The molecule has 23 heavy (non-hydrogen) atoms. The molecule has 1 aliphatic heterocycles. The number of hydrogen-bond donors (Lipinski definition) is 1. The number of nitrogens with zero attached hydrogens (tertiary/aromatic N) is 1. The number of carbonyl (C=O) groups excluding carboxylic acids is 1. The minimum atomic E-state index is -1.97. The molecule has 0 spiro atoms. The molecule has 1 unspecified atom stereocenters. The molecule has 128 valence electrons. The zero-order chi connectivity index (χ0) is 16.9. The third-order valence-corrected chi connectivity index (χ3v) is 4.47. The zero-order valence-electron chi connectivity index (χ0n) is 13.0. The quantitative estimate of drug-likeness (QED) is 0.778. The fourth-order valence-corrected chi connectivity index (χ4v) is 2.75. The molecule has 1 fully saturated rings. The molecule has 2 rings (SSSR count). The number of amides is 1. The van der Waals surface area contributed by atoms with Gasteiger partial charge >= 0.3 is 0 Å². The number of carbonyl (C=O) groups is 1. The molecule has 0 saturated carbocycles. The predicted octanol–water partition coefficient (Wildman–Crippen LogP) is 4.25. The molecule has 1 atom stereocenters.